The number of ketones is 2. The molecule has 0 amide bonds. The van der Waals surface area contributed by atoms with E-state index in [4.69, 9.17) is 9.47 Å². The first-order chi connectivity index (χ1) is 11.8. The Kier molecular flexibility index (Phi) is 4.16. The molecule has 2 aliphatic rings. The predicted octanol–water partition coefficient (Wildman–Crippen LogP) is 1.65. The first-order valence-electron chi connectivity index (χ1n) is 7.80. The number of sulfonamides is 1. The van der Waals surface area contributed by atoms with Crippen LogP contribution in [0.15, 0.2) is 52.1 Å². The summed E-state index contributed by atoms with van der Waals surface area (Å²) in [5, 5.41) is 0. The molecule has 0 fully saturated rings. The second-order valence-electron chi connectivity index (χ2n) is 5.46. The van der Waals surface area contributed by atoms with Crippen LogP contribution in [0.25, 0.3) is 0 Å². The van der Waals surface area contributed by atoms with Crippen molar-refractivity contribution in [1.29, 1.82) is 0 Å². The highest BCUT2D eigenvalue weighted by Gasteiger charge is 2.56. The number of aryl methyl sites for hydroxylation is 1. The number of carbonyl (C=O) groups excluding carboxylic acids is 2. The molecule has 7 nitrogen and oxygen atoms in total. The van der Waals surface area contributed by atoms with E-state index in [-0.39, 0.29) is 41.0 Å². The molecule has 2 bridgehead atoms. The Morgan fingerprint density at radius 3 is 1.72 bits per heavy atom. The number of ether oxygens (including phenoxy) is 2. The number of hydrogen-bond acceptors (Lipinski definition) is 6. The van der Waals surface area contributed by atoms with Crippen molar-refractivity contribution in [3.8, 4) is 0 Å². The van der Waals surface area contributed by atoms with E-state index in [9.17, 15) is 18.0 Å². The fourth-order valence-corrected chi connectivity index (χ4v) is 4.23. The van der Waals surface area contributed by atoms with Crippen LogP contribution >= 0.6 is 0 Å². The molecule has 1 aromatic carbocycles. The standard InChI is InChI=1S/C17H17NO6S/c1-4-23-16-12-15(20)17(24-5-2)13(14(16)19)18(12)25(21,22)11-8-6-10(3)7-9-11/h6-9H,4-5H2,1-3H3. The van der Waals surface area contributed by atoms with Crippen LogP contribution in [-0.4, -0.2) is 37.5 Å². The molecule has 0 unspecified atom stereocenters. The Morgan fingerprint density at radius 2 is 1.32 bits per heavy atom. The number of hydrogen-bond donors (Lipinski definition) is 0. The van der Waals surface area contributed by atoms with E-state index in [2.05, 4.69) is 0 Å². The minimum atomic E-state index is -4.14. The SMILES string of the molecule is CCOC1=C2C(=O)C(OCC)=C(C1=O)N2S(=O)(=O)c1ccc(C)cc1. The molecule has 1 aromatic rings. The zero-order chi connectivity index (χ0) is 18.4. The summed E-state index contributed by atoms with van der Waals surface area (Å²) >= 11 is 0. The predicted molar refractivity (Wildman–Crippen MR) is 87.5 cm³/mol. The summed E-state index contributed by atoms with van der Waals surface area (Å²) in [5.74, 6) is -1.81. The number of fused-ring (bicyclic) bond motifs is 2. The third-order valence-electron chi connectivity index (χ3n) is 3.82. The third kappa shape index (κ3) is 2.44. The van der Waals surface area contributed by atoms with Crippen LogP contribution in [0, 0.1) is 6.92 Å². The molecule has 8 heteroatoms. The molecule has 0 spiro atoms. The van der Waals surface area contributed by atoms with Gasteiger partial charge in [0.1, 0.15) is 0 Å². The molecule has 0 N–H and O–H groups in total. The Labute approximate surface area is 145 Å². The highest BCUT2D eigenvalue weighted by molar-refractivity contribution is 7.89. The van der Waals surface area contributed by atoms with Crippen LogP contribution in [0.4, 0.5) is 0 Å². The van der Waals surface area contributed by atoms with Crippen LogP contribution in [-0.2, 0) is 29.1 Å². The van der Waals surface area contributed by atoms with Crippen LogP contribution in [0.3, 0.4) is 0 Å². The maximum absolute atomic E-state index is 13.0. The van der Waals surface area contributed by atoms with Gasteiger partial charge in [-0.2, -0.15) is 0 Å². The van der Waals surface area contributed by atoms with Gasteiger partial charge in [-0.3, -0.25) is 9.59 Å². The second-order valence-corrected chi connectivity index (χ2v) is 7.25. The zero-order valence-corrected chi connectivity index (χ0v) is 14.8. The first kappa shape index (κ1) is 17.2. The minimum Gasteiger partial charge on any atom is -0.488 e. The lowest BCUT2D eigenvalue weighted by molar-refractivity contribution is -0.119. The van der Waals surface area contributed by atoms with Gasteiger partial charge in [-0.05, 0) is 32.9 Å². The van der Waals surface area contributed by atoms with E-state index >= 15 is 0 Å². The summed E-state index contributed by atoms with van der Waals surface area (Å²) in [4.78, 5) is 25.1. The van der Waals surface area contributed by atoms with Gasteiger partial charge < -0.3 is 9.47 Å². The molecule has 0 aliphatic carbocycles. The Hall–Kier alpha value is -2.61. The molecule has 25 heavy (non-hydrogen) atoms. The monoisotopic (exact) mass is 363 g/mol. The van der Waals surface area contributed by atoms with E-state index in [0.29, 0.717) is 0 Å². The van der Waals surface area contributed by atoms with Gasteiger partial charge in [0.2, 0.25) is 0 Å². The maximum atomic E-state index is 13.0. The Bertz CT molecular complexity index is 884. The van der Waals surface area contributed by atoms with Gasteiger partial charge in [0, 0.05) is 0 Å². The van der Waals surface area contributed by atoms with E-state index in [1.54, 1.807) is 26.0 Å². The van der Waals surface area contributed by atoms with Crippen molar-refractivity contribution in [1.82, 2.24) is 4.31 Å². The van der Waals surface area contributed by atoms with Gasteiger partial charge in [-0.15, -0.1) is 0 Å². The van der Waals surface area contributed by atoms with Gasteiger partial charge in [0.15, 0.2) is 22.9 Å². The van der Waals surface area contributed by atoms with Crippen LogP contribution < -0.4 is 0 Å². The van der Waals surface area contributed by atoms with Gasteiger partial charge in [-0.25, -0.2) is 12.7 Å². The Morgan fingerprint density at radius 1 is 0.880 bits per heavy atom. The molecule has 132 valence electrons. The number of benzene rings is 1. The van der Waals surface area contributed by atoms with Crippen molar-refractivity contribution in [2.45, 2.75) is 25.7 Å². The highest BCUT2D eigenvalue weighted by Crippen LogP contribution is 2.44. The summed E-state index contributed by atoms with van der Waals surface area (Å²) in [6.07, 6.45) is 0. The lowest BCUT2D eigenvalue weighted by Crippen LogP contribution is -2.26. The molecule has 0 atom stereocenters. The van der Waals surface area contributed by atoms with E-state index in [0.717, 1.165) is 9.87 Å². The summed E-state index contributed by atoms with van der Waals surface area (Å²) in [6, 6.07) is 6.15. The maximum Gasteiger partial charge on any atom is 0.269 e. The number of nitrogens with zero attached hydrogens (tertiary/aromatic N) is 1. The number of Topliss-reactive ketones (excluding diaryl/α,β-unsaturated/α-hetero) is 2. The van der Waals surface area contributed by atoms with Crippen LogP contribution in [0.5, 0.6) is 0 Å². The van der Waals surface area contributed by atoms with Gasteiger partial charge in [0.25, 0.3) is 21.6 Å². The lowest BCUT2D eigenvalue weighted by Gasteiger charge is -2.16. The molecule has 3 rings (SSSR count). The second kappa shape index (κ2) is 6.03. The van der Waals surface area contributed by atoms with Crippen molar-refractivity contribution in [3.05, 3.63) is 52.7 Å². The van der Waals surface area contributed by atoms with Crippen LogP contribution in [0.2, 0.25) is 0 Å². The quantitative estimate of drug-likeness (QED) is 0.714. The third-order valence-corrected chi connectivity index (χ3v) is 5.53. The summed E-state index contributed by atoms with van der Waals surface area (Å²) in [7, 11) is -4.14. The normalized spacial score (nSPS) is 17.0. The van der Waals surface area contributed by atoms with Crippen molar-refractivity contribution in [2.24, 2.45) is 0 Å². The number of carbonyl (C=O) groups is 2. The fourth-order valence-electron chi connectivity index (χ4n) is 2.73. The van der Waals surface area contributed by atoms with Gasteiger partial charge in [-0.1, -0.05) is 17.7 Å². The van der Waals surface area contributed by atoms with Crippen molar-refractivity contribution >= 4 is 21.6 Å². The summed E-state index contributed by atoms with van der Waals surface area (Å²) < 4.78 is 37.3. The summed E-state index contributed by atoms with van der Waals surface area (Å²) in [5.41, 5.74) is 0.288. The molecular weight excluding hydrogens is 346 g/mol. The van der Waals surface area contributed by atoms with Crippen molar-refractivity contribution < 1.29 is 27.5 Å². The van der Waals surface area contributed by atoms with Gasteiger partial charge in [0.05, 0.1) is 18.1 Å². The number of rotatable bonds is 6. The molecule has 2 aliphatic heterocycles. The molecule has 0 saturated carbocycles. The molecule has 2 heterocycles. The van der Waals surface area contributed by atoms with Gasteiger partial charge >= 0.3 is 0 Å². The highest BCUT2D eigenvalue weighted by atomic mass is 32.2. The molecular formula is C17H17NO6S. The molecule has 0 radical (unpaired) electrons. The van der Waals surface area contributed by atoms with E-state index in [1.165, 1.54) is 12.1 Å². The zero-order valence-electron chi connectivity index (χ0n) is 14.0. The summed E-state index contributed by atoms with van der Waals surface area (Å²) in [6.45, 7) is 5.39. The minimum absolute atomic E-state index is 0.0239. The van der Waals surface area contributed by atoms with Crippen molar-refractivity contribution in [2.75, 3.05) is 13.2 Å². The molecule has 0 saturated heterocycles. The average molecular weight is 363 g/mol. The van der Waals surface area contributed by atoms with Crippen LogP contribution in [0.1, 0.15) is 19.4 Å². The topological polar surface area (TPSA) is 90.0 Å². The van der Waals surface area contributed by atoms with E-state index in [1.807, 2.05) is 6.92 Å². The molecule has 0 aromatic heterocycles. The lowest BCUT2D eigenvalue weighted by atomic mass is 10.1. The fraction of sp³-hybridized carbons (Fsp3) is 0.294. The average Bonchev–Trinajstić information content (AvgIpc) is 3.01. The van der Waals surface area contributed by atoms with Crippen molar-refractivity contribution in [3.63, 3.8) is 0 Å². The first-order valence-corrected chi connectivity index (χ1v) is 9.24. The van der Waals surface area contributed by atoms with E-state index < -0.39 is 21.6 Å². The smallest absolute Gasteiger partial charge is 0.269 e. The Balaban J connectivity index is 2.19. The largest absolute Gasteiger partial charge is 0.488 e.